The van der Waals surface area contributed by atoms with E-state index >= 15 is 0 Å². The van der Waals surface area contributed by atoms with Crippen LogP contribution in [0.3, 0.4) is 0 Å². The van der Waals surface area contributed by atoms with Crippen LogP contribution in [0.2, 0.25) is 0 Å². The average Bonchev–Trinajstić information content (AvgIpc) is 2.27. The van der Waals surface area contributed by atoms with E-state index in [1.54, 1.807) is 14.2 Å². The molecule has 0 aliphatic carbocycles. The Morgan fingerprint density at radius 1 is 1.44 bits per heavy atom. The molecule has 0 heterocycles. The van der Waals surface area contributed by atoms with E-state index in [0.29, 0.717) is 6.54 Å². The molecule has 1 rings (SSSR count). The van der Waals surface area contributed by atoms with Crippen LogP contribution in [0.15, 0.2) is 18.2 Å². The van der Waals surface area contributed by atoms with E-state index < -0.39 is 5.60 Å². The summed E-state index contributed by atoms with van der Waals surface area (Å²) < 4.78 is 5.27. The molecule has 0 spiro atoms. The monoisotopic (exact) mass is 251 g/mol. The minimum absolute atomic E-state index is 0.314. The number of ether oxygens (including phenoxy) is 1. The standard InChI is InChI=1S/C14H21NO3/c1-10-6-7-12(18-5)11(8-10)9-15(4)13(16)14(2,3)17/h6-8,17H,9H2,1-5H3. The van der Waals surface area contributed by atoms with Crippen molar-refractivity contribution in [2.75, 3.05) is 14.2 Å². The van der Waals surface area contributed by atoms with Gasteiger partial charge in [-0.1, -0.05) is 17.7 Å². The molecule has 0 atom stereocenters. The molecular weight excluding hydrogens is 230 g/mol. The summed E-state index contributed by atoms with van der Waals surface area (Å²) in [6, 6.07) is 5.82. The Kier molecular flexibility index (Phi) is 4.35. The van der Waals surface area contributed by atoms with Crippen molar-refractivity contribution in [1.29, 1.82) is 0 Å². The Balaban J connectivity index is 2.91. The van der Waals surface area contributed by atoms with Gasteiger partial charge < -0.3 is 14.7 Å². The van der Waals surface area contributed by atoms with E-state index in [0.717, 1.165) is 16.9 Å². The van der Waals surface area contributed by atoms with Crippen LogP contribution in [0.1, 0.15) is 25.0 Å². The van der Waals surface area contributed by atoms with E-state index in [2.05, 4.69) is 0 Å². The van der Waals surface area contributed by atoms with Crippen LogP contribution in [-0.4, -0.2) is 35.7 Å². The number of likely N-dealkylation sites (N-methyl/N-ethyl adjacent to an activating group) is 1. The predicted molar refractivity (Wildman–Crippen MR) is 70.5 cm³/mol. The number of rotatable bonds is 4. The van der Waals surface area contributed by atoms with Crippen molar-refractivity contribution in [2.45, 2.75) is 32.9 Å². The maximum Gasteiger partial charge on any atom is 0.253 e. The first-order valence-electron chi connectivity index (χ1n) is 5.87. The highest BCUT2D eigenvalue weighted by atomic mass is 16.5. The number of amides is 1. The Labute approximate surface area is 108 Å². The van der Waals surface area contributed by atoms with Gasteiger partial charge in [-0.05, 0) is 26.8 Å². The summed E-state index contributed by atoms with van der Waals surface area (Å²) in [6.07, 6.45) is 0. The van der Waals surface area contributed by atoms with Crippen molar-refractivity contribution >= 4 is 5.91 Å². The summed E-state index contributed by atoms with van der Waals surface area (Å²) >= 11 is 0. The molecule has 1 aromatic rings. The fourth-order valence-electron chi connectivity index (χ4n) is 1.83. The average molecular weight is 251 g/mol. The molecule has 0 bridgehead atoms. The van der Waals surface area contributed by atoms with Crippen molar-refractivity contribution in [3.63, 3.8) is 0 Å². The zero-order valence-electron chi connectivity index (χ0n) is 11.7. The number of methoxy groups -OCH3 is 1. The molecule has 0 radical (unpaired) electrons. The van der Waals surface area contributed by atoms with Gasteiger partial charge in [-0.2, -0.15) is 0 Å². The van der Waals surface area contributed by atoms with Gasteiger partial charge in [0, 0.05) is 19.2 Å². The van der Waals surface area contributed by atoms with Crippen molar-refractivity contribution in [3.8, 4) is 5.75 Å². The van der Waals surface area contributed by atoms with Crippen LogP contribution >= 0.6 is 0 Å². The molecule has 18 heavy (non-hydrogen) atoms. The smallest absolute Gasteiger partial charge is 0.253 e. The number of aliphatic hydroxyl groups is 1. The zero-order chi connectivity index (χ0) is 13.9. The lowest BCUT2D eigenvalue weighted by Gasteiger charge is -2.25. The molecule has 1 amide bonds. The molecule has 1 N–H and O–H groups in total. The second kappa shape index (κ2) is 5.40. The van der Waals surface area contributed by atoms with Gasteiger partial charge in [0.2, 0.25) is 0 Å². The predicted octanol–water partition coefficient (Wildman–Crippen LogP) is 1.73. The molecule has 0 saturated carbocycles. The lowest BCUT2D eigenvalue weighted by atomic mass is 10.1. The highest BCUT2D eigenvalue weighted by Gasteiger charge is 2.27. The molecule has 0 unspecified atom stereocenters. The second-order valence-corrected chi connectivity index (χ2v) is 5.04. The number of carbonyl (C=O) groups excluding carboxylic acids is 1. The number of hydrogen-bond acceptors (Lipinski definition) is 3. The summed E-state index contributed by atoms with van der Waals surface area (Å²) in [5.41, 5.74) is 0.679. The molecule has 0 fully saturated rings. The summed E-state index contributed by atoms with van der Waals surface area (Å²) in [5.74, 6) is 0.432. The van der Waals surface area contributed by atoms with E-state index in [4.69, 9.17) is 4.74 Å². The van der Waals surface area contributed by atoms with E-state index in [-0.39, 0.29) is 5.91 Å². The Morgan fingerprint density at radius 3 is 2.56 bits per heavy atom. The van der Waals surface area contributed by atoms with Crippen molar-refractivity contribution in [3.05, 3.63) is 29.3 Å². The van der Waals surface area contributed by atoms with Gasteiger partial charge >= 0.3 is 0 Å². The fourth-order valence-corrected chi connectivity index (χ4v) is 1.83. The minimum Gasteiger partial charge on any atom is -0.496 e. The quantitative estimate of drug-likeness (QED) is 0.886. The fraction of sp³-hybridized carbons (Fsp3) is 0.500. The van der Waals surface area contributed by atoms with Crippen LogP contribution in [0, 0.1) is 6.92 Å². The highest BCUT2D eigenvalue weighted by molar-refractivity contribution is 5.83. The van der Waals surface area contributed by atoms with E-state index in [1.165, 1.54) is 18.7 Å². The van der Waals surface area contributed by atoms with Gasteiger partial charge in [0.05, 0.1) is 7.11 Å². The number of nitrogens with zero attached hydrogens (tertiary/aromatic N) is 1. The molecule has 0 aliphatic rings. The molecule has 0 saturated heterocycles. The normalized spacial score (nSPS) is 11.2. The molecule has 0 aromatic heterocycles. The first-order chi connectivity index (χ1) is 8.25. The SMILES string of the molecule is COc1ccc(C)cc1CN(C)C(=O)C(C)(C)O. The van der Waals surface area contributed by atoms with Gasteiger partial charge in [-0.3, -0.25) is 4.79 Å². The summed E-state index contributed by atoms with van der Waals surface area (Å²) in [4.78, 5) is 13.4. The van der Waals surface area contributed by atoms with Gasteiger partial charge in [0.25, 0.3) is 5.91 Å². The Bertz CT molecular complexity index is 435. The third kappa shape index (κ3) is 3.47. The molecule has 100 valence electrons. The van der Waals surface area contributed by atoms with Gasteiger partial charge in [-0.25, -0.2) is 0 Å². The molecule has 4 nitrogen and oxygen atoms in total. The first-order valence-corrected chi connectivity index (χ1v) is 5.87. The highest BCUT2D eigenvalue weighted by Crippen LogP contribution is 2.21. The van der Waals surface area contributed by atoms with Crippen molar-refractivity contribution in [1.82, 2.24) is 4.90 Å². The summed E-state index contributed by atoms with van der Waals surface area (Å²) in [5, 5.41) is 9.69. The maximum absolute atomic E-state index is 11.9. The minimum atomic E-state index is -1.36. The van der Waals surface area contributed by atoms with Crippen molar-refractivity contribution < 1.29 is 14.6 Å². The molecule has 4 heteroatoms. The number of hydrogen-bond donors (Lipinski definition) is 1. The number of aryl methyl sites for hydroxylation is 1. The van der Waals surface area contributed by atoms with Crippen LogP contribution < -0.4 is 4.74 Å². The zero-order valence-corrected chi connectivity index (χ0v) is 11.7. The second-order valence-electron chi connectivity index (χ2n) is 5.04. The third-order valence-electron chi connectivity index (χ3n) is 2.71. The van der Waals surface area contributed by atoms with Gasteiger partial charge in [-0.15, -0.1) is 0 Å². The maximum atomic E-state index is 11.9. The topological polar surface area (TPSA) is 49.8 Å². The largest absolute Gasteiger partial charge is 0.496 e. The Hall–Kier alpha value is -1.55. The third-order valence-corrected chi connectivity index (χ3v) is 2.71. The van der Waals surface area contributed by atoms with Crippen LogP contribution in [0.25, 0.3) is 0 Å². The summed E-state index contributed by atoms with van der Waals surface area (Å²) in [7, 11) is 3.27. The van der Waals surface area contributed by atoms with E-state index in [1.807, 2.05) is 25.1 Å². The lowest BCUT2D eigenvalue weighted by molar-refractivity contribution is -0.147. The van der Waals surface area contributed by atoms with Crippen LogP contribution in [0.4, 0.5) is 0 Å². The van der Waals surface area contributed by atoms with Crippen LogP contribution in [0.5, 0.6) is 5.75 Å². The van der Waals surface area contributed by atoms with Gasteiger partial charge in [0.1, 0.15) is 11.4 Å². The Morgan fingerprint density at radius 2 is 2.06 bits per heavy atom. The first kappa shape index (κ1) is 14.5. The van der Waals surface area contributed by atoms with E-state index in [9.17, 15) is 9.90 Å². The number of carbonyl (C=O) groups is 1. The number of benzene rings is 1. The summed E-state index contributed by atoms with van der Waals surface area (Å²) in [6.45, 7) is 5.37. The van der Waals surface area contributed by atoms with Crippen LogP contribution in [-0.2, 0) is 11.3 Å². The molecule has 0 aliphatic heterocycles. The lowest BCUT2D eigenvalue weighted by Crippen LogP contribution is -2.42. The van der Waals surface area contributed by atoms with Gasteiger partial charge in [0.15, 0.2) is 0 Å². The molecule has 1 aromatic carbocycles. The van der Waals surface area contributed by atoms with Crippen molar-refractivity contribution in [2.24, 2.45) is 0 Å². The molecular formula is C14H21NO3.